The summed E-state index contributed by atoms with van der Waals surface area (Å²) in [6.07, 6.45) is 0. The molecule has 0 atom stereocenters. The third kappa shape index (κ3) is 2.95. The molecule has 5 rings (SSSR count). The summed E-state index contributed by atoms with van der Waals surface area (Å²) in [5.74, 6) is -0.255. The maximum absolute atomic E-state index is 12.4. The Kier molecular flexibility index (Phi) is 4.17. The number of aromatic nitrogens is 3. The lowest BCUT2D eigenvalue weighted by molar-refractivity contribution is 0.0660. The number of rotatable bonds is 5. The van der Waals surface area contributed by atoms with Crippen molar-refractivity contribution in [1.82, 2.24) is 19.5 Å². The minimum absolute atomic E-state index is 0.230. The predicted octanol–water partition coefficient (Wildman–Crippen LogP) is 2.69. The monoisotopic (exact) mass is 398 g/mol. The zero-order chi connectivity index (χ0) is 20.7. The first-order chi connectivity index (χ1) is 14.6. The zero-order valence-electron chi connectivity index (χ0n) is 15.9. The lowest BCUT2D eigenvalue weighted by Crippen LogP contribution is -2.34. The number of carbonyl (C=O) groups excluding carboxylic acids is 2. The Bertz CT molecular complexity index is 1240. The number of nitrogens with zero attached hydrogens (tertiary/aromatic N) is 4. The van der Waals surface area contributed by atoms with Crippen LogP contribution in [-0.2, 0) is 0 Å². The summed E-state index contributed by atoms with van der Waals surface area (Å²) >= 11 is 0. The van der Waals surface area contributed by atoms with Gasteiger partial charge in [0.05, 0.1) is 16.8 Å². The number of anilines is 2. The van der Waals surface area contributed by atoms with Crippen LogP contribution >= 0.6 is 0 Å². The maximum atomic E-state index is 12.4. The Morgan fingerprint density at radius 3 is 2.27 bits per heavy atom. The molecule has 8 heteroatoms. The number of pyridine rings is 1. The van der Waals surface area contributed by atoms with Gasteiger partial charge in [-0.2, -0.15) is 4.98 Å². The Balaban J connectivity index is 1.26. The molecule has 0 bridgehead atoms. The van der Waals surface area contributed by atoms with Gasteiger partial charge >= 0.3 is 0 Å². The predicted molar refractivity (Wildman–Crippen MR) is 113 cm³/mol. The van der Waals surface area contributed by atoms with Gasteiger partial charge < -0.3 is 11.1 Å². The highest BCUT2D eigenvalue weighted by atomic mass is 16.2. The first-order valence-electron chi connectivity index (χ1n) is 9.52. The third-order valence-corrected chi connectivity index (χ3v) is 5.10. The van der Waals surface area contributed by atoms with Gasteiger partial charge in [0.25, 0.3) is 11.8 Å². The van der Waals surface area contributed by atoms with Gasteiger partial charge in [-0.3, -0.25) is 14.5 Å². The molecule has 1 aliphatic heterocycles. The lowest BCUT2D eigenvalue weighted by Gasteiger charge is -2.15. The SMILES string of the molecule is Nc1nc2cccc(-c3ccc(NCCN4C(=O)c5ccccc5C4=O)cc3)n2n1. The number of hydrogen-bond donors (Lipinski definition) is 2. The fraction of sp³-hybridized carbons (Fsp3) is 0.0909. The molecule has 2 aromatic carbocycles. The second-order valence-electron chi connectivity index (χ2n) is 6.96. The van der Waals surface area contributed by atoms with Crippen molar-refractivity contribution in [3.63, 3.8) is 0 Å². The molecule has 30 heavy (non-hydrogen) atoms. The quantitative estimate of drug-likeness (QED) is 0.501. The Labute approximate surface area is 171 Å². The molecule has 4 aromatic rings. The molecule has 1 aliphatic rings. The van der Waals surface area contributed by atoms with E-state index in [1.54, 1.807) is 28.8 Å². The van der Waals surface area contributed by atoms with E-state index in [1.807, 2.05) is 42.5 Å². The van der Waals surface area contributed by atoms with Gasteiger partial charge in [0.15, 0.2) is 5.65 Å². The minimum Gasteiger partial charge on any atom is -0.383 e. The van der Waals surface area contributed by atoms with Crippen molar-refractivity contribution in [1.29, 1.82) is 0 Å². The highest BCUT2D eigenvalue weighted by molar-refractivity contribution is 6.21. The van der Waals surface area contributed by atoms with Crippen LogP contribution in [0.3, 0.4) is 0 Å². The molecule has 3 N–H and O–H groups in total. The first-order valence-corrected chi connectivity index (χ1v) is 9.52. The van der Waals surface area contributed by atoms with Crippen molar-refractivity contribution in [2.24, 2.45) is 0 Å². The van der Waals surface area contributed by atoms with Gasteiger partial charge in [-0.05, 0) is 36.4 Å². The van der Waals surface area contributed by atoms with Crippen LogP contribution in [-0.4, -0.2) is 44.4 Å². The number of fused-ring (bicyclic) bond motifs is 2. The summed E-state index contributed by atoms with van der Waals surface area (Å²) < 4.78 is 1.71. The normalized spacial score (nSPS) is 13.1. The van der Waals surface area contributed by atoms with Crippen molar-refractivity contribution in [3.05, 3.63) is 77.9 Å². The first kappa shape index (κ1) is 17.9. The van der Waals surface area contributed by atoms with Crippen molar-refractivity contribution < 1.29 is 9.59 Å². The summed E-state index contributed by atoms with van der Waals surface area (Å²) in [6.45, 7) is 0.756. The van der Waals surface area contributed by atoms with Gasteiger partial charge in [-0.15, -0.1) is 5.10 Å². The molecule has 148 valence electrons. The standard InChI is InChI=1S/C22H18N6O2/c23-22-25-19-7-3-6-18(28(19)26-22)14-8-10-15(11-9-14)24-12-13-27-20(29)16-4-1-2-5-17(16)21(27)30/h1-11,24H,12-13H2,(H2,23,26). The van der Waals surface area contributed by atoms with E-state index in [0.29, 0.717) is 29.9 Å². The molecule has 8 nitrogen and oxygen atoms in total. The van der Waals surface area contributed by atoms with E-state index in [1.165, 1.54) is 4.90 Å². The van der Waals surface area contributed by atoms with Crippen LogP contribution in [0.5, 0.6) is 0 Å². The van der Waals surface area contributed by atoms with E-state index in [9.17, 15) is 9.59 Å². The molecule has 0 radical (unpaired) electrons. The number of nitrogens with two attached hydrogens (primary N) is 1. The molecule has 0 spiro atoms. The van der Waals surface area contributed by atoms with E-state index in [2.05, 4.69) is 15.4 Å². The Morgan fingerprint density at radius 2 is 1.57 bits per heavy atom. The van der Waals surface area contributed by atoms with Gasteiger partial charge in [0, 0.05) is 24.3 Å². The summed E-state index contributed by atoms with van der Waals surface area (Å²) in [7, 11) is 0. The fourth-order valence-electron chi connectivity index (χ4n) is 3.65. The summed E-state index contributed by atoms with van der Waals surface area (Å²) in [4.78, 5) is 30.3. The number of amides is 2. The second kappa shape index (κ2) is 7.00. The Hall–Kier alpha value is -4.20. The highest BCUT2D eigenvalue weighted by Gasteiger charge is 2.34. The summed E-state index contributed by atoms with van der Waals surface area (Å²) in [5.41, 5.74) is 10.1. The van der Waals surface area contributed by atoms with E-state index >= 15 is 0 Å². The van der Waals surface area contributed by atoms with Crippen molar-refractivity contribution >= 4 is 29.1 Å². The topological polar surface area (TPSA) is 106 Å². The van der Waals surface area contributed by atoms with Crippen molar-refractivity contribution in [3.8, 4) is 11.3 Å². The molecule has 3 heterocycles. The molecule has 0 fully saturated rings. The largest absolute Gasteiger partial charge is 0.383 e. The smallest absolute Gasteiger partial charge is 0.261 e. The molecule has 0 saturated carbocycles. The van der Waals surface area contributed by atoms with E-state index in [-0.39, 0.29) is 17.8 Å². The molecule has 2 aromatic heterocycles. The molecular formula is C22H18N6O2. The number of nitrogens with one attached hydrogen (secondary N) is 1. The van der Waals surface area contributed by atoms with Crippen LogP contribution in [0.15, 0.2) is 66.7 Å². The van der Waals surface area contributed by atoms with Crippen LogP contribution in [0.4, 0.5) is 11.6 Å². The van der Waals surface area contributed by atoms with E-state index in [0.717, 1.165) is 16.9 Å². The van der Waals surface area contributed by atoms with Crippen LogP contribution < -0.4 is 11.1 Å². The van der Waals surface area contributed by atoms with Crippen LogP contribution in [0.2, 0.25) is 0 Å². The van der Waals surface area contributed by atoms with Gasteiger partial charge in [-0.1, -0.05) is 30.3 Å². The van der Waals surface area contributed by atoms with Gasteiger partial charge in [0.1, 0.15) is 0 Å². The van der Waals surface area contributed by atoms with Crippen molar-refractivity contribution in [2.75, 3.05) is 24.1 Å². The summed E-state index contributed by atoms with van der Waals surface area (Å²) in [6, 6.07) is 20.4. The zero-order valence-corrected chi connectivity index (χ0v) is 15.9. The van der Waals surface area contributed by atoms with E-state index in [4.69, 9.17) is 5.73 Å². The minimum atomic E-state index is -0.243. The Morgan fingerprint density at radius 1 is 0.867 bits per heavy atom. The summed E-state index contributed by atoms with van der Waals surface area (Å²) in [5, 5.41) is 7.49. The average molecular weight is 398 g/mol. The molecule has 0 aliphatic carbocycles. The van der Waals surface area contributed by atoms with Gasteiger partial charge in [0.2, 0.25) is 5.95 Å². The molecule has 0 saturated heterocycles. The highest BCUT2D eigenvalue weighted by Crippen LogP contribution is 2.24. The average Bonchev–Trinajstić information content (AvgIpc) is 3.26. The van der Waals surface area contributed by atoms with Crippen LogP contribution in [0.1, 0.15) is 20.7 Å². The molecule has 2 amide bonds. The van der Waals surface area contributed by atoms with Crippen LogP contribution in [0, 0.1) is 0 Å². The lowest BCUT2D eigenvalue weighted by atomic mass is 10.1. The second-order valence-corrected chi connectivity index (χ2v) is 6.96. The number of nitrogen functional groups attached to an aromatic ring is 1. The fourth-order valence-corrected chi connectivity index (χ4v) is 3.65. The maximum Gasteiger partial charge on any atom is 0.261 e. The number of hydrogen-bond acceptors (Lipinski definition) is 6. The van der Waals surface area contributed by atoms with E-state index < -0.39 is 0 Å². The third-order valence-electron chi connectivity index (χ3n) is 5.10. The molecule has 0 unspecified atom stereocenters. The molecular weight excluding hydrogens is 380 g/mol. The number of imide groups is 1. The van der Waals surface area contributed by atoms with Gasteiger partial charge in [-0.25, -0.2) is 4.52 Å². The number of benzene rings is 2. The number of carbonyl (C=O) groups is 2. The van der Waals surface area contributed by atoms with Crippen LogP contribution in [0.25, 0.3) is 16.9 Å². The van der Waals surface area contributed by atoms with Crippen molar-refractivity contribution in [2.45, 2.75) is 0 Å².